The monoisotopic (exact) mass is 362 g/mol. The Hall–Kier alpha value is -0.280. The molecule has 3 fully saturated rings. The predicted octanol–water partition coefficient (Wildman–Crippen LogP) is 5.33. The fourth-order valence-corrected chi connectivity index (χ4v) is 8.58. The summed E-state index contributed by atoms with van der Waals surface area (Å²) in [4.78, 5) is 12.0. The summed E-state index contributed by atoms with van der Waals surface area (Å²) in [7, 11) is 1.83. The maximum absolute atomic E-state index is 12.0. The van der Waals surface area contributed by atoms with Crippen molar-refractivity contribution in [3.63, 3.8) is 0 Å². The third-order valence-electron chi connectivity index (χ3n) is 8.50. The fourth-order valence-electron chi connectivity index (χ4n) is 7.25. The van der Waals surface area contributed by atoms with Crippen molar-refractivity contribution in [3.05, 3.63) is 12.2 Å². The topological polar surface area (TPSA) is 26.3 Å². The minimum atomic E-state index is 0.224. The smallest absolute Gasteiger partial charge is 0.212 e. The number of hydrogen-bond donors (Lipinski definition) is 0. The summed E-state index contributed by atoms with van der Waals surface area (Å²) in [5.74, 6) is 4.07. The van der Waals surface area contributed by atoms with E-state index in [0.29, 0.717) is 10.7 Å². The standard InChI is InChI=1S/C22H34O2S/c1-14-11-18-22(3,9-6-19(23)25-18)16-5-8-21(2)13-15(7-10-24-4)12-17(21)20(14)16/h6,9,14-18,20H,5,7-8,10-13H2,1-4H3/t14?,15?,16-,17+,18?,20-,21-,22-/m1/s1. The van der Waals surface area contributed by atoms with Crippen LogP contribution in [0.25, 0.3) is 0 Å². The molecule has 0 spiro atoms. The first-order valence-electron chi connectivity index (χ1n) is 10.3. The van der Waals surface area contributed by atoms with E-state index < -0.39 is 0 Å². The molecule has 140 valence electrons. The number of hydrogen-bond acceptors (Lipinski definition) is 3. The van der Waals surface area contributed by atoms with Gasteiger partial charge in [0.15, 0.2) is 0 Å². The lowest BCUT2D eigenvalue weighted by molar-refractivity contribution is -0.108. The third kappa shape index (κ3) is 2.84. The second-order valence-electron chi connectivity index (χ2n) is 9.91. The van der Waals surface area contributed by atoms with Gasteiger partial charge in [-0.05, 0) is 79.6 Å². The fraction of sp³-hybridized carbons (Fsp3) is 0.864. The minimum Gasteiger partial charge on any atom is -0.385 e. The summed E-state index contributed by atoms with van der Waals surface area (Å²) >= 11 is 1.62. The highest BCUT2D eigenvalue weighted by atomic mass is 32.2. The molecule has 25 heavy (non-hydrogen) atoms. The van der Waals surface area contributed by atoms with Crippen molar-refractivity contribution < 1.29 is 9.53 Å². The molecular formula is C22H34O2S. The number of allylic oxidation sites excluding steroid dienone is 1. The van der Waals surface area contributed by atoms with E-state index in [9.17, 15) is 4.79 Å². The first kappa shape index (κ1) is 18.1. The molecule has 3 saturated carbocycles. The van der Waals surface area contributed by atoms with Crippen LogP contribution in [0, 0.1) is 40.4 Å². The highest BCUT2D eigenvalue weighted by Gasteiger charge is 2.60. The maximum atomic E-state index is 12.0. The SMILES string of the molecule is COCCC1C[C@H]2[C@@H]3C(C)CC4SC(=O)C=C[C@]4(C)[C@@H]3CC[C@]2(C)C1. The molecule has 0 aromatic heterocycles. The molecule has 0 saturated heterocycles. The highest BCUT2D eigenvalue weighted by Crippen LogP contribution is 2.67. The maximum Gasteiger partial charge on any atom is 0.212 e. The molecule has 0 aromatic rings. The Kier molecular flexibility index (Phi) is 4.64. The normalized spacial score (nSPS) is 51.8. The van der Waals surface area contributed by atoms with Gasteiger partial charge in [0.25, 0.3) is 0 Å². The van der Waals surface area contributed by atoms with Crippen LogP contribution in [0.1, 0.15) is 59.3 Å². The van der Waals surface area contributed by atoms with E-state index >= 15 is 0 Å². The molecule has 0 radical (unpaired) electrons. The van der Waals surface area contributed by atoms with Gasteiger partial charge < -0.3 is 4.74 Å². The minimum absolute atomic E-state index is 0.224. The first-order chi connectivity index (χ1) is 11.9. The van der Waals surface area contributed by atoms with E-state index in [1.165, 1.54) is 38.5 Å². The van der Waals surface area contributed by atoms with Gasteiger partial charge in [0, 0.05) is 24.4 Å². The van der Waals surface area contributed by atoms with E-state index in [2.05, 4.69) is 26.8 Å². The van der Waals surface area contributed by atoms with Crippen LogP contribution < -0.4 is 0 Å². The van der Waals surface area contributed by atoms with Crippen molar-refractivity contribution in [2.24, 2.45) is 40.4 Å². The summed E-state index contributed by atoms with van der Waals surface area (Å²) in [5, 5.41) is 0.769. The summed E-state index contributed by atoms with van der Waals surface area (Å²) in [6.07, 6.45) is 12.2. The zero-order chi connectivity index (χ0) is 17.8. The van der Waals surface area contributed by atoms with Crippen LogP contribution in [-0.2, 0) is 9.53 Å². The molecule has 1 aliphatic heterocycles. The van der Waals surface area contributed by atoms with Crippen LogP contribution in [0.5, 0.6) is 0 Å². The van der Waals surface area contributed by atoms with Gasteiger partial charge in [0.1, 0.15) is 0 Å². The Balaban J connectivity index is 1.62. The second kappa shape index (κ2) is 6.41. The van der Waals surface area contributed by atoms with E-state index in [1.807, 2.05) is 13.2 Å². The number of methoxy groups -OCH3 is 1. The van der Waals surface area contributed by atoms with Gasteiger partial charge in [-0.3, -0.25) is 4.79 Å². The molecule has 0 aromatic carbocycles. The van der Waals surface area contributed by atoms with Gasteiger partial charge in [0.2, 0.25) is 5.12 Å². The Morgan fingerprint density at radius 1 is 1.28 bits per heavy atom. The van der Waals surface area contributed by atoms with E-state index in [1.54, 1.807) is 11.8 Å². The molecule has 1 heterocycles. The van der Waals surface area contributed by atoms with Gasteiger partial charge in [-0.25, -0.2) is 0 Å². The summed E-state index contributed by atoms with van der Waals surface area (Å²) < 4.78 is 5.37. The molecule has 3 aliphatic carbocycles. The first-order valence-corrected chi connectivity index (χ1v) is 11.1. The number of fused-ring (bicyclic) bond motifs is 5. The van der Waals surface area contributed by atoms with Crippen LogP contribution in [0.2, 0.25) is 0 Å². The number of thioether (sulfide) groups is 1. The van der Waals surface area contributed by atoms with Crippen molar-refractivity contribution in [2.45, 2.75) is 64.5 Å². The van der Waals surface area contributed by atoms with Crippen LogP contribution in [-0.4, -0.2) is 24.1 Å². The van der Waals surface area contributed by atoms with Gasteiger partial charge in [0.05, 0.1) is 0 Å². The molecule has 4 rings (SSSR count). The lowest BCUT2D eigenvalue weighted by Crippen LogP contribution is -2.55. The van der Waals surface area contributed by atoms with Crippen LogP contribution in [0.3, 0.4) is 0 Å². The molecule has 0 N–H and O–H groups in total. The Morgan fingerprint density at radius 2 is 2.08 bits per heavy atom. The zero-order valence-electron chi connectivity index (χ0n) is 16.3. The number of rotatable bonds is 3. The molecule has 4 aliphatic rings. The van der Waals surface area contributed by atoms with Crippen LogP contribution in [0.15, 0.2) is 12.2 Å². The summed E-state index contributed by atoms with van der Waals surface area (Å²) in [6.45, 7) is 8.43. The highest BCUT2D eigenvalue weighted by molar-refractivity contribution is 8.14. The van der Waals surface area contributed by atoms with E-state index in [0.717, 1.165) is 36.2 Å². The quantitative estimate of drug-likeness (QED) is 0.679. The Morgan fingerprint density at radius 3 is 2.84 bits per heavy atom. The zero-order valence-corrected chi connectivity index (χ0v) is 17.1. The second-order valence-corrected chi connectivity index (χ2v) is 11.1. The third-order valence-corrected chi connectivity index (χ3v) is 9.85. The van der Waals surface area contributed by atoms with Gasteiger partial charge in [-0.15, -0.1) is 0 Å². The molecule has 0 amide bonds. The van der Waals surface area contributed by atoms with Crippen molar-refractivity contribution >= 4 is 16.9 Å². The van der Waals surface area contributed by atoms with Gasteiger partial charge in [-0.2, -0.15) is 0 Å². The summed E-state index contributed by atoms with van der Waals surface area (Å²) in [6, 6.07) is 0. The van der Waals surface area contributed by atoms with Gasteiger partial charge in [-0.1, -0.05) is 38.6 Å². The van der Waals surface area contributed by atoms with Gasteiger partial charge >= 0.3 is 0 Å². The van der Waals surface area contributed by atoms with Crippen molar-refractivity contribution in [1.29, 1.82) is 0 Å². The van der Waals surface area contributed by atoms with E-state index in [-0.39, 0.29) is 10.5 Å². The summed E-state index contributed by atoms with van der Waals surface area (Å²) in [5.41, 5.74) is 0.764. The predicted molar refractivity (Wildman–Crippen MR) is 104 cm³/mol. The van der Waals surface area contributed by atoms with Crippen molar-refractivity contribution in [1.82, 2.24) is 0 Å². The van der Waals surface area contributed by atoms with Crippen molar-refractivity contribution in [3.8, 4) is 0 Å². The molecule has 8 atom stereocenters. The number of carbonyl (C=O) groups excluding carboxylic acids is 1. The lowest BCUT2D eigenvalue weighted by atomic mass is 9.48. The number of carbonyl (C=O) groups is 1. The Labute approximate surface area is 157 Å². The van der Waals surface area contributed by atoms with E-state index in [4.69, 9.17) is 4.74 Å². The molecule has 3 unspecified atom stereocenters. The molecular weight excluding hydrogens is 328 g/mol. The lowest BCUT2D eigenvalue weighted by Gasteiger charge is -2.60. The molecule has 2 nitrogen and oxygen atoms in total. The number of ether oxygens (including phenoxy) is 1. The van der Waals surface area contributed by atoms with Crippen LogP contribution in [0.4, 0.5) is 0 Å². The molecule has 0 bridgehead atoms. The average Bonchev–Trinajstić information content (AvgIpc) is 2.91. The Bertz CT molecular complexity index is 572. The van der Waals surface area contributed by atoms with Crippen LogP contribution >= 0.6 is 11.8 Å². The average molecular weight is 363 g/mol. The van der Waals surface area contributed by atoms with Crippen molar-refractivity contribution in [2.75, 3.05) is 13.7 Å². The molecule has 3 heteroatoms. The largest absolute Gasteiger partial charge is 0.385 e.